The third-order valence-corrected chi connectivity index (χ3v) is 1.78. The Labute approximate surface area is 96.1 Å². The van der Waals surface area contributed by atoms with Gasteiger partial charge in [0.05, 0.1) is 6.42 Å². The zero-order chi connectivity index (χ0) is 13.3. The summed E-state index contributed by atoms with van der Waals surface area (Å²) in [6.45, 7) is -0.0628. The molecular weight excluding hydrogens is 232 g/mol. The monoisotopic (exact) mass is 244 g/mol. The molecule has 0 saturated heterocycles. The van der Waals surface area contributed by atoms with Crippen molar-refractivity contribution in [1.82, 2.24) is 5.32 Å². The SMILES string of the molecule is [N-]=[N+]=NCC[C@H](NC(=O)CCC(=O)O)C(=O)O. The number of carboxylic acid groups (broad SMARTS) is 2. The fourth-order valence-corrected chi connectivity index (χ4v) is 0.976. The van der Waals surface area contributed by atoms with Crippen LogP contribution in [0, 0.1) is 0 Å². The van der Waals surface area contributed by atoms with Gasteiger partial charge in [0.2, 0.25) is 5.91 Å². The van der Waals surface area contributed by atoms with E-state index in [1.807, 2.05) is 0 Å². The van der Waals surface area contributed by atoms with Crippen LogP contribution in [0.3, 0.4) is 0 Å². The molecular formula is C8H12N4O5. The molecule has 0 bridgehead atoms. The van der Waals surface area contributed by atoms with Crippen LogP contribution in [0.2, 0.25) is 0 Å². The average Bonchev–Trinajstić information content (AvgIpc) is 2.25. The molecule has 0 fully saturated rings. The van der Waals surface area contributed by atoms with Gasteiger partial charge in [-0.25, -0.2) is 4.79 Å². The quantitative estimate of drug-likeness (QED) is 0.314. The van der Waals surface area contributed by atoms with Crippen molar-refractivity contribution < 1.29 is 24.6 Å². The van der Waals surface area contributed by atoms with Crippen molar-refractivity contribution in [1.29, 1.82) is 0 Å². The van der Waals surface area contributed by atoms with Crippen molar-refractivity contribution in [3.8, 4) is 0 Å². The zero-order valence-corrected chi connectivity index (χ0v) is 8.87. The van der Waals surface area contributed by atoms with Gasteiger partial charge in [0, 0.05) is 17.9 Å². The Morgan fingerprint density at radius 3 is 2.41 bits per heavy atom. The van der Waals surface area contributed by atoms with Gasteiger partial charge >= 0.3 is 11.9 Å². The summed E-state index contributed by atoms with van der Waals surface area (Å²) in [6.07, 6.45) is -0.701. The normalized spacial score (nSPS) is 11.1. The van der Waals surface area contributed by atoms with Crippen molar-refractivity contribution in [3.63, 3.8) is 0 Å². The lowest BCUT2D eigenvalue weighted by atomic mass is 10.2. The van der Waals surface area contributed by atoms with E-state index in [9.17, 15) is 14.4 Å². The van der Waals surface area contributed by atoms with E-state index >= 15 is 0 Å². The smallest absolute Gasteiger partial charge is 0.326 e. The van der Waals surface area contributed by atoms with E-state index in [2.05, 4.69) is 15.3 Å². The lowest BCUT2D eigenvalue weighted by Gasteiger charge is -2.12. The topological polar surface area (TPSA) is 152 Å². The van der Waals surface area contributed by atoms with Crippen molar-refractivity contribution in [2.75, 3.05) is 6.54 Å². The van der Waals surface area contributed by atoms with Crippen molar-refractivity contribution in [2.24, 2.45) is 5.11 Å². The van der Waals surface area contributed by atoms with Crippen LogP contribution in [0.25, 0.3) is 10.4 Å². The first-order valence-electron chi connectivity index (χ1n) is 4.72. The first-order valence-corrected chi connectivity index (χ1v) is 4.72. The van der Waals surface area contributed by atoms with Crippen LogP contribution in [-0.4, -0.2) is 40.6 Å². The van der Waals surface area contributed by atoms with Crippen LogP contribution in [-0.2, 0) is 14.4 Å². The number of hydrogen-bond donors (Lipinski definition) is 3. The molecule has 0 aromatic heterocycles. The fourth-order valence-electron chi connectivity index (χ4n) is 0.976. The van der Waals surface area contributed by atoms with Gasteiger partial charge in [-0.3, -0.25) is 9.59 Å². The molecule has 0 aromatic carbocycles. The maximum absolute atomic E-state index is 11.2. The van der Waals surface area contributed by atoms with E-state index in [-0.39, 0.29) is 25.8 Å². The molecule has 0 unspecified atom stereocenters. The van der Waals surface area contributed by atoms with Crippen LogP contribution in [0.15, 0.2) is 5.11 Å². The molecule has 94 valence electrons. The van der Waals surface area contributed by atoms with E-state index in [1.54, 1.807) is 0 Å². The summed E-state index contributed by atoms with van der Waals surface area (Å²) in [5.74, 6) is -3.07. The number of azide groups is 1. The minimum Gasteiger partial charge on any atom is -0.481 e. The summed E-state index contributed by atoms with van der Waals surface area (Å²) in [6, 6.07) is -1.18. The van der Waals surface area contributed by atoms with Crippen molar-refractivity contribution in [3.05, 3.63) is 10.4 Å². The Bertz CT molecular complexity index is 350. The lowest BCUT2D eigenvalue weighted by Crippen LogP contribution is -2.41. The van der Waals surface area contributed by atoms with Gasteiger partial charge in [-0.1, -0.05) is 5.11 Å². The summed E-state index contributed by atoms with van der Waals surface area (Å²) >= 11 is 0. The molecule has 9 heteroatoms. The second-order valence-electron chi connectivity index (χ2n) is 3.10. The largest absolute Gasteiger partial charge is 0.481 e. The molecule has 3 N–H and O–H groups in total. The number of nitrogens with zero attached hydrogens (tertiary/aromatic N) is 3. The van der Waals surface area contributed by atoms with Crippen LogP contribution in [0.5, 0.6) is 0 Å². The summed E-state index contributed by atoms with van der Waals surface area (Å²) in [4.78, 5) is 34.5. The van der Waals surface area contributed by atoms with Gasteiger partial charge in [0.15, 0.2) is 0 Å². The lowest BCUT2D eigenvalue weighted by molar-refractivity contribution is -0.142. The predicted molar refractivity (Wildman–Crippen MR) is 55.1 cm³/mol. The van der Waals surface area contributed by atoms with Crippen LogP contribution in [0.1, 0.15) is 19.3 Å². The van der Waals surface area contributed by atoms with Crippen molar-refractivity contribution in [2.45, 2.75) is 25.3 Å². The minimum absolute atomic E-state index is 0.0434. The van der Waals surface area contributed by atoms with E-state index in [1.165, 1.54) is 0 Å². The van der Waals surface area contributed by atoms with Gasteiger partial charge in [-0.2, -0.15) is 0 Å². The molecule has 0 aliphatic heterocycles. The molecule has 0 aliphatic rings. The molecule has 1 atom stereocenters. The third-order valence-electron chi connectivity index (χ3n) is 1.78. The van der Waals surface area contributed by atoms with Crippen LogP contribution < -0.4 is 5.32 Å². The van der Waals surface area contributed by atoms with Crippen molar-refractivity contribution >= 4 is 17.8 Å². The maximum atomic E-state index is 11.2. The highest BCUT2D eigenvalue weighted by molar-refractivity contribution is 5.85. The molecule has 0 radical (unpaired) electrons. The third kappa shape index (κ3) is 7.63. The Kier molecular flexibility index (Phi) is 6.88. The fraction of sp³-hybridized carbons (Fsp3) is 0.625. The highest BCUT2D eigenvalue weighted by atomic mass is 16.4. The van der Waals surface area contributed by atoms with E-state index < -0.39 is 23.9 Å². The minimum atomic E-state index is -1.26. The average molecular weight is 244 g/mol. The summed E-state index contributed by atoms with van der Waals surface area (Å²) in [7, 11) is 0. The number of rotatable bonds is 8. The Hall–Kier alpha value is -2.28. The Morgan fingerprint density at radius 2 is 1.94 bits per heavy atom. The molecule has 0 heterocycles. The van der Waals surface area contributed by atoms with E-state index in [0.29, 0.717) is 0 Å². The van der Waals surface area contributed by atoms with Gasteiger partial charge in [-0.15, -0.1) is 0 Å². The predicted octanol–water partition coefficient (Wildman–Crippen LogP) is 0.121. The maximum Gasteiger partial charge on any atom is 0.326 e. The Morgan fingerprint density at radius 1 is 1.29 bits per heavy atom. The number of hydrogen-bond acceptors (Lipinski definition) is 4. The second-order valence-corrected chi connectivity index (χ2v) is 3.10. The van der Waals surface area contributed by atoms with Gasteiger partial charge < -0.3 is 15.5 Å². The Balaban J connectivity index is 4.14. The highest BCUT2D eigenvalue weighted by Gasteiger charge is 2.19. The van der Waals surface area contributed by atoms with Gasteiger partial charge in [0.1, 0.15) is 6.04 Å². The number of aliphatic carboxylic acids is 2. The van der Waals surface area contributed by atoms with Crippen LogP contribution in [0.4, 0.5) is 0 Å². The molecule has 0 aliphatic carbocycles. The summed E-state index contributed by atoms with van der Waals surface area (Å²) in [5, 5.41) is 22.4. The molecule has 9 nitrogen and oxygen atoms in total. The zero-order valence-electron chi connectivity index (χ0n) is 8.87. The van der Waals surface area contributed by atoms with Gasteiger partial charge in [-0.05, 0) is 12.0 Å². The summed E-state index contributed by atoms with van der Waals surface area (Å²) in [5.41, 5.74) is 8.00. The summed E-state index contributed by atoms with van der Waals surface area (Å²) < 4.78 is 0. The number of carbonyl (C=O) groups is 3. The molecule has 0 rings (SSSR count). The standard InChI is InChI=1S/C8H12N4O5/c9-12-10-4-3-5(8(16)17)11-6(13)1-2-7(14)15/h5H,1-4H2,(H,11,13)(H,14,15)(H,16,17)/t5-/m0/s1. The number of nitrogens with one attached hydrogen (secondary N) is 1. The van der Waals surface area contributed by atoms with E-state index in [0.717, 1.165) is 0 Å². The second kappa shape index (κ2) is 7.94. The molecule has 1 amide bonds. The first kappa shape index (κ1) is 14.7. The van der Waals surface area contributed by atoms with E-state index in [4.69, 9.17) is 15.7 Å². The molecule has 0 aromatic rings. The number of carboxylic acids is 2. The number of carbonyl (C=O) groups excluding carboxylic acids is 1. The molecule has 0 saturated carbocycles. The first-order chi connectivity index (χ1) is 7.97. The molecule has 0 spiro atoms. The number of amides is 1. The molecule has 17 heavy (non-hydrogen) atoms. The van der Waals surface area contributed by atoms with Crippen LogP contribution >= 0.6 is 0 Å². The van der Waals surface area contributed by atoms with Gasteiger partial charge in [0.25, 0.3) is 0 Å². The highest BCUT2D eigenvalue weighted by Crippen LogP contribution is 1.96.